The molecule has 1 aromatic carbocycles. The molecule has 20 heavy (non-hydrogen) atoms. The minimum Gasteiger partial charge on any atom is -0.331 e. The minimum atomic E-state index is -0.258. The standard InChI is InChI=1S/C13H17N5OS/c1-3-20-11-6-4-5-10(7-11)17-13(19)14-8-12-15-9-16-18(12)2/h4-7,9H,3,8H2,1-2H3,(H2,14,17,19). The van der Waals surface area contributed by atoms with Crippen molar-refractivity contribution in [3.8, 4) is 0 Å². The van der Waals surface area contributed by atoms with Crippen LogP contribution in [0.4, 0.5) is 10.5 Å². The van der Waals surface area contributed by atoms with Gasteiger partial charge >= 0.3 is 6.03 Å². The SMILES string of the molecule is CCSc1cccc(NC(=O)NCc2ncnn2C)c1. The second-order valence-electron chi connectivity index (χ2n) is 4.07. The van der Waals surface area contributed by atoms with Crippen molar-refractivity contribution in [3.05, 3.63) is 36.4 Å². The fraction of sp³-hybridized carbons (Fsp3) is 0.308. The molecule has 6 nitrogen and oxygen atoms in total. The van der Waals surface area contributed by atoms with E-state index in [0.29, 0.717) is 12.4 Å². The lowest BCUT2D eigenvalue weighted by Crippen LogP contribution is -2.29. The van der Waals surface area contributed by atoms with Crippen LogP contribution >= 0.6 is 11.8 Å². The average molecular weight is 291 g/mol. The van der Waals surface area contributed by atoms with E-state index in [1.165, 1.54) is 6.33 Å². The van der Waals surface area contributed by atoms with E-state index in [1.807, 2.05) is 24.3 Å². The Morgan fingerprint density at radius 2 is 2.30 bits per heavy atom. The number of aromatic nitrogens is 3. The summed E-state index contributed by atoms with van der Waals surface area (Å²) in [6.45, 7) is 2.43. The summed E-state index contributed by atoms with van der Waals surface area (Å²) in [6, 6.07) is 7.51. The predicted octanol–water partition coefficient (Wildman–Crippen LogP) is 2.25. The molecule has 2 aromatic rings. The Morgan fingerprint density at radius 3 is 3.00 bits per heavy atom. The molecule has 0 aliphatic rings. The van der Waals surface area contributed by atoms with E-state index in [1.54, 1.807) is 23.5 Å². The van der Waals surface area contributed by atoms with Gasteiger partial charge in [0.15, 0.2) is 0 Å². The second-order valence-corrected chi connectivity index (χ2v) is 5.41. The van der Waals surface area contributed by atoms with Gasteiger partial charge in [0.05, 0.1) is 6.54 Å². The molecule has 2 N–H and O–H groups in total. The smallest absolute Gasteiger partial charge is 0.319 e. The number of hydrogen-bond acceptors (Lipinski definition) is 4. The summed E-state index contributed by atoms with van der Waals surface area (Å²) < 4.78 is 1.62. The number of nitrogens with zero attached hydrogens (tertiary/aromatic N) is 3. The molecule has 0 spiro atoms. The molecule has 0 fully saturated rings. The minimum absolute atomic E-state index is 0.258. The predicted molar refractivity (Wildman–Crippen MR) is 79.7 cm³/mol. The summed E-state index contributed by atoms with van der Waals surface area (Å²) in [7, 11) is 1.79. The zero-order valence-corrected chi connectivity index (χ0v) is 12.3. The number of amides is 2. The van der Waals surface area contributed by atoms with E-state index in [9.17, 15) is 4.79 Å². The molecule has 0 saturated carbocycles. The molecule has 7 heteroatoms. The zero-order valence-electron chi connectivity index (χ0n) is 11.5. The van der Waals surface area contributed by atoms with Crippen molar-refractivity contribution in [2.75, 3.05) is 11.1 Å². The first-order chi connectivity index (χ1) is 9.69. The Kier molecular flexibility index (Phi) is 5.00. The molecule has 2 rings (SSSR count). The van der Waals surface area contributed by atoms with Crippen molar-refractivity contribution in [3.63, 3.8) is 0 Å². The number of urea groups is 1. The number of anilines is 1. The first-order valence-electron chi connectivity index (χ1n) is 6.29. The summed E-state index contributed by atoms with van der Waals surface area (Å²) in [4.78, 5) is 17.0. The van der Waals surface area contributed by atoms with Gasteiger partial charge in [-0.1, -0.05) is 13.0 Å². The Labute approximate surface area is 122 Å². The van der Waals surface area contributed by atoms with Crippen LogP contribution in [0.25, 0.3) is 0 Å². The maximum atomic E-state index is 11.8. The first-order valence-corrected chi connectivity index (χ1v) is 7.28. The summed E-state index contributed by atoms with van der Waals surface area (Å²) in [5.41, 5.74) is 0.777. The van der Waals surface area contributed by atoms with Crippen LogP contribution in [0.2, 0.25) is 0 Å². The van der Waals surface area contributed by atoms with Crippen LogP contribution in [0.5, 0.6) is 0 Å². The van der Waals surface area contributed by atoms with Gasteiger partial charge in [0, 0.05) is 17.6 Å². The van der Waals surface area contributed by atoms with Crippen LogP contribution in [-0.2, 0) is 13.6 Å². The highest BCUT2D eigenvalue weighted by Crippen LogP contribution is 2.20. The molecule has 0 radical (unpaired) electrons. The molecule has 1 heterocycles. The third-order valence-corrected chi connectivity index (χ3v) is 3.49. The van der Waals surface area contributed by atoms with E-state index in [2.05, 4.69) is 27.6 Å². The summed E-state index contributed by atoms with van der Waals surface area (Å²) in [6.07, 6.45) is 1.46. The van der Waals surface area contributed by atoms with Crippen LogP contribution in [0.1, 0.15) is 12.7 Å². The molecule has 2 amide bonds. The number of rotatable bonds is 5. The lowest BCUT2D eigenvalue weighted by Gasteiger charge is -2.08. The van der Waals surface area contributed by atoms with Gasteiger partial charge in [-0.15, -0.1) is 11.8 Å². The van der Waals surface area contributed by atoms with E-state index >= 15 is 0 Å². The number of carbonyl (C=O) groups is 1. The molecule has 0 bridgehead atoms. The highest BCUT2D eigenvalue weighted by atomic mass is 32.2. The van der Waals surface area contributed by atoms with Crippen LogP contribution in [0.3, 0.4) is 0 Å². The third kappa shape index (κ3) is 3.99. The number of carbonyl (C=O) groups excluding carboxylic acids is 1. The van der Waals surface area contributed by atoms with Crippen LogP contribution in [0, 0.1) is 0 Å². The topological polar surface area (TPSA) is 71.8 Å². The van der Waals surface area contributed by atoms with Crippen molar-refractivity contribution in [2.45, 2.75) is 18.4 Å². The molecule has 0 atom stereocenters. The molecular weight excluding hydrogens is 274 g/mol. The Morgan fingerprint density at radius 1 is 1.45 bits per heavy atom. The van der Waals surface area contributed by atoms with E-state index < -0.39 is 0 Å². The van der Waals surface area contributed by atoms with Gasteiger partial charge in [0.2, 0.25) is 0 Å². The average Bonchev–Trinajstić information content (AvgIpc) is 2.83. The van der Waals surface area contributed by atoms with Crippen molar-refractivity contribution in [2.24, 2.45) is 7.05 Å². The number of thioether (sulfide) groups is 1. The first kappa shape index (κ1) is 14.4. The largest absolute Gasteiger partial charge is 0.331 e. The monoisotopic (exact) mass is 291 g/mol. The van der Waals surface area contributed by atoms with Gasteiger partial charge in [-0.25, -0.2) is 9.78 Å². The molecule has 106 valence electrons. The van der Waals surface area contributed by atoms with E-state index in [0.717, 1.165) is 16.3 Å². The molecule has 0 aliphatic carbocycles. The van der Waals surface area contributed by atoms with Gasteiger partial charge < -0.3 is 10.6 Å². The van der Waals surface area contributed by atoms with Gasteiger partial charge in [-0.3, -0.25) is 4.68 Å². The summed E-state index contributed by atoms with van der Waals surface area (Å²) in [5.74, 6) is 1.71. The highest BCUT2D eigenvalue weighted by Gasteiger charge is 2.05. The summed E-state index contributed by atoms with van der Waals surface area (Å²) in [5, 5.41) is 9.49. The highest BCUT2D eigenvalue weighted by molar-refractivity contribution is 7.99. The number of hydrogen-bond donors (Lipinski definition) is 2. The van der Waals surface area contributed by atoms with Crippen molar-refractivity contribution in [1.82, 2.24) is 20.1 Å². The Hall–Kier alpha value is -2.02. The zero-order chi connectivity index (χ0) is 14.4. The maximum Gasteiger partial charge on any atom is 0.319 e. The normalized spacial score (nSPS) is 10.3. The number of nitrogens with one attached hydrogen (secondary N) is 2. The Balaban J connectivity index is 1.88. The van der Waals surface area contributed by atoms with Gasteiger partial charge in [0.1, 0.15) is 12.2 Å². The second kappa shape index (κ2) is 6.95. The molecule has 1 aromatic heterocycles. The third-order valence-electron chi connectivity index (χ3n) is 2.62. The van der Waals surface area contributed by atoms with E-state index in [-0.39, 0.29) is 6.03 Å². The lowest BCUT2D eigenvalue weighted by molar-refractivity contribution is 0.251. The fourth-order valence-corrected chi connectivity index (χ4v) is 2.36. The number of benzene rings is 1. The van der Waals surface area contributed by atoms with E-state index in [4.69, 9.17) is 0 Å². The maximum absolute atomic E-state index is 11.8. The Bertz CT molecular complexity index is 584. The summed E-state index contributed by atoms with van der Waals surface area (Å²) >= 11 is 1.74. The molecular formula is C13H17N5OS. The van der Waals surface area contributed by atoms with Crippen LogP contribution in [0.15, 0.2) is 35.5 Å². The van der Waals surface area contributed by atoms with Gasteiger partial charge in [-0.2, -0.15) is 5.10 Å². The molecule has 0 aliphatic heterocycles. The number of aryl methyl sites for hydroxylation is 1. The lowest BCUT2D eigenvalue weighted by atomic mass is 10.3. The van der Waals surface area contributed by atoms with Crippen molar-refractivity contribution < 1.29 is 4.79 Å². The quantitative estimate of drug-likeness (QED) is 0.829. The molecule has 0 saturated heterocycles. The molecule has 0 unspecified atom stereocenters. The van der Waals surface area contributed by atoms with Gasteiger partial charge in [-0.05, 0) is 24.0 Å². The fourth-order valence-electron chi connectivity index (χ4n) is 1.65. The van der Waals surface area contributed by atoms with Crippen molar-refractivity contribution >= 4 is 23.5 Å². The van der Waals surface area contributed by atoms with Crippen LogP contribution in [-0.4, -0.2) is 26.5 Å². The van der Waals surface area contributed by atoms with Gasteiger partial charge in [0.25, 0.3) is 0 Å². The van der Waals surface area contributed by atoms with Crippen molar-refractivity contribution in [1.29, 1.82) is 0 Å². The van der Waals surface area contributed by atoms with Crippen LogP contribution < -0.4 is 10.6 Å².